The molecular formula is C28H35N5O2S2. The molecule has 2 fully saturated rings. The highest BCUT2D eigenvalue weighted by molar-refractivity contribution is 7.92. The molecule has 7 nitrogen and oxygen atoms in total. The summed E-state index contributed by atoms with van der Waals surface area (Å²) in [5.41, 5.74) is 2.32. The summed E-state index contributed by atoms with van der Waals surface area (Å²) in [4.78, 5) is 17.6. The number of likely N-dealkylation sites (tertiary alicyclic amines) is 1. The van der Waals surface area contributed by atoms with Gasteiger partial charge in [0.25, 0.3) is 0 Å². The molecule has 0 radical (unpaired) electrons. The van der Waals surface area contributed by atoms with Crippen LogP contribution in [-0.4, -0.2) is 66.9 Å². The van der Waals surface area contributed by atoms with Gasteiger partial charge in [-0.05, 0) is 68.8 Å². The lowest BCUT2D eigenvalue weighted by Crippen LogP contribution is -2.48. The predicted molar refractivity (Wildman–Crippen MR) is 151 cm³/mol. The molecule has 2 aromatic heterocycles. The van der Waals surface area contributed by atoms with Gasteiger partial charge in [-0.15, -0.1) is 11.3 Å². The third kappa shape index (κ3) is 5.46. The first-order valence-corrected chi connectivity index (χ1v) is 15.9. The van der Waals surface area contributed by atoms with Gasteiger partial charge in [0.05, 0.1) is 11.9 Å². The van der Waals surface area contributed by atoms with Crippen molar-refractivity contribution in [3.05, 3.63) is 57.6 Å². The second kappa shape index (κ2) is 10.8. The third-order valence-corrected chi connectivity index (χ3v) is 10.5. The van der Waals surface area contributed by atoms with E-state index < -0.39 is 10.0 Å². The van der Waals surface area contributed by atoms with Crippen molar-refractivity contribution in [3.63, 3.8) is 0 Å². The largest absolute Gasteiger partial charge is 0.353 e. The Balaban J connectivity index is 1.25. The van der Waals surface area contributed by atoms with Crippen molar-refractivity contribution in [1.29, 1.82) is 0 Å². The Morgan fingerprint density at radius 3 is 2.41 bits per heavy atom. The molecule has 0 unspecified atom stereocenters. The molecule has 0 bridgehead atoms. The number of thiophene rings is 1. The summed E-state index contributed by atoms with van der Waals surface area (Å²) in [5.74, 6) is 1.93. The van der Waals surface area contributed by atoms with E-state index in [0.29, 0.717) is 26.2 Å². The van der Waals surface area contributed by atoms with Gasteiger partial charge in [-0.25, -0.2) is 18.4 Å². The number of aryl methyl sites for hydroxylation is 2. The van der Waals surface area contributed by atoms with Crippen LogP contribution in [0.1, 0.15) is 53.9 Å². The summed E-state index contributed by atoms with van der Waals surface area (Å²) in [5, 5.41) is 2.56. The molecule has 0 amide bonds. The van der Waals surface area contributed by atoms with Gasteiger partial charge in [0.1, 0.15) is 16.5 Å². The fraction of sp³-hybridized carbons (Fsp3) is 0.500. The summed E-state index contributed by atoms with van der Waals surface area (Å²) in [6, 6.07) is 9.57. The highest BCUT2D eigenvalue weighted by Gasteiger charge is 2.29. The number of piperazine rings is 1. The number of hydrogen-bond donors (Lipinski definition) is 0. The molecule has 6 rings (SSSR count). The molecule has 0 saturated carbocycles. The first kappa shape index (κ1) is 25.0. The number of aromatic nitrogens is 2. The van der Waals surface area contributed by atoms with E-state index in [2.05, 4.69) is 9.80 Å². The Labute approximate surface area is 223 Å². The molecule has 4 heterocycles. The van der Waals surface area contributed by atoms with Gasteiger partial charge in [-0.1, -0.05) is 36.8 Å². The van der Waals surface area contributed by atoms with E-state index in [0.717, 1.165) is 54.5 Å². The topological polar surface area (TPSA) is 69.6 Å². The minimum Gasteiger partial charge on any atom is -0.353 e. The maximum absolute atomic E-state index is 13.0. The molecule has 1 aromatic carbocycles. The Hall–Kier alpha value is -2.33. The third-order valence-electron chi connectivity index (χ3n) is 7.79. The molecule has 37 heavy (non-hydrogen) atoms. The van der Waals surface area contributed by atoms with E-state index in [1.165, 1.54) is 53.3 Å². The highest BCUT2D eigenvalue weighted by atomic mass is 32.2. The maximum atomic E-state index is 13.0. The highest BCUT2D eigenvalue weighted by Crippen LogP contribution is 2.40. The van der Waals surface area contributed by atoms with Crippen LogP contribution in [0.3, 0.4) is 0 Å². The van der Waals surface area contributed by atoms with Crippen LogP contribution >= 0.6 is 11.3 Å². The number of anilines is 1. The van der Waals surface area contributed by atoms with Crippen LogP contribution in [-0.2, 0) is 29.4 Å². The summed E-state index contributed by atoms with van der Waals surface area (Å²) in [6.07, 6.45) is 10.2. The minimum atomic E-state index is -3.47. The first-order chi connectivity index (χ1) is 18.1. The van der Waals surface area contributed by atoms with Gasteiger partial charge in [0, 0.05) is 36.5 Å². The fourth-order valence-electron chi connectivity index (χ4n) is 5.77. The van der Waals surface area contributed by atoms with Crippen molar-refractivity contribution in [2.24, 2.45) is 0 Å². The van der Waals surface area contributed by atoms with Crippen LogP contribution < -0.4 is 4.90 Å². The summed E-state index contributed by atoms with van der Waals surface area (Å²) in [6.45, 7) is 5.22. The number of sulfonamides is 1. The first-order valence-electron chi connectivity index (χ1n) is 13.6. The van der Waals surface area contributed by atoms with Crippen molar-refractivity contribution >= 4 is 43.5 Å². The number of rotatable bonds is 6. The van der Waals surface area contributed by atoms with E-state index in [1.807, 2.05) is 41.7 Å². The van der Waals surface area contributed by atoms with Crippen LogP contribution in [0.4, 0.5) is 5.82 Å². The lowest BCUT2D eigenvalue weighted by Gasteiger charge is -2.35. The molecule has 0 N–H and O–H groups in total. The zero-order valence-electron chi connectivity index (χ0n) is 21.3. The van der Waals surface area contributed by atoms with Crippen molar-refractivity contribution in [3.8, 4) is 0 Å². The molecule has 1 aliphatic carbocycles. The van der Waals surface area contributed by atoms with Crippen LogP contribution in [0, 0.1) is 0 Å². The standard InChI is InChI=1S/C28H35N5O2S2/c34-37(35,20-13-22-9-3-1-4-10-22)33-18-16-32(17-19-33)27-26-23-11-5-6-12-24(23)36-28(26)30-25(29-27)21-31-14-7-2-8-15-31/h1,3-4,9-10,13,20H,2,5-8,11-12,14-19,21H2/b20-13+. The smallest absolute Gasteiger partial charge is 0.236 e. The summed E-state index contributed by atoms with van der Waals surface area (Å²) < 4.78 is 27.7. The average molecular weight is 538 g/mol. The summed E-state index contributed by atoms with van der Waals surface area (Å²) >= 11 is 1.85. The molecule has 2 saturated heterocycles. The second-order valence-electron chi connectivity index (χ2n) is 10.3. The van der Waals surface area contributed by atoms with Crippen molar-refractivity contribution in [2.45, 2.75) is 51.5 Å². The SMILES string of the molecule is O=S(=O)(/C=C/c1ccccc1)N1CCN(c2nc(CN3CCCCC3)nc3sc4c(c23)CCCC4)CC1. The average Bonchev–Trinajstić information content (AvgIpc) is 3.31. The van der Waals surface area contributed by atoms with E-state index in [4.69, 9.17) is 9.97 Å². The van der Waals surface area contributed by atoms with Crippen LogP contribution in [0.25, 0.3) is 16.3 Å². The van der Waals surface area contributed by atoms with Gasteiger partial charge in [0.15, 0.2) is 0 Å². The van der Waals surface area contributed by atoms with Crippen LogP contribution in [0.15, 0.2) is 35.7 Å². The van der Waals surface area contributed by atoms with Crippen LogP contribution in [0.2, 0.25) is 0 Å². The molecule has 196 valence electrons. The van der Waals surface area contributed by atoms with Gasteiger partial charge < -0.3 is 4.90 Å². The normalized spacial score (nSPS) is 20.1. The summed E-state index contributed by atoms with van der Waals surface area (Å²) in [7, 11) is -3.47. The van der Waals surface area contributed by atoms with Gasteiger partial charge >= 0.3 is 0 Å². The molecule has 0 atom stereocenters. The quantitative estimate of drug-likeness (QED) is 0.455. The maximum Gasteiger partial charge on any atom is 0.236 e. The minimum absolute atomic E-state index is 0.459. The zero-order chi connectivity index (χ0) is 25.2. The number of benzene rings is 1. The van der Waals surface area contributed by atoms with Crippen molar-refractivity contribution < 1.29 is 8.42 Å². The molecule has 2 aliphatic heterocycles. The number of nitrogens with zero attached hydrogens (tertiary/aromatic N) is 5. The van der Waals surface area contributed by atoms with Crippen molar-refractivity contribution in [1.82, 2.24) is 19.2 Å². The van der Waals surface area contributed by atoms with Gasteiger partial charge in [-0.3, -0.25) is 4.90 Å². The van der Waals surface area contributed by atoms with Crippen LogP contribution in [0.5, 0.6) is 0 Å². The van der Waals surface area contributed by atoms with E-state index in [1.54, 1.807) is 10.4 Å². The van der Waals surface area contributed by atoms with Gasteiger partial charge in [-0.2, -0.15) is 4.31 Å². The second-order valence-corrected chi connectivity index (χ2v) is 13.2. The number of piperidine rings is 1. The number of hydrogen-bond acceptors (Lipinski definition) is 7. The number of fused-ring (bicyclic) bond motifs is 3. The fourth-order valence-corrected chi connectivity index (χ4v) is 8.22. The molecule has 3 aliphatic rings. The van der Waals surface area contributed by atoms with Gasteiger partial charge in [0.2, 0.25) is 10.0 Å². The van der Waals surface area contributed by atoms with E-state index >= 15 is 0 Å². The molecular weight excluding hydrogens is 502 g/mol. The monoisotopic (exact) mass is 537 g/mol. The zero-order valence-corrected chi connectivity index (χ0v) is 22.9. The lowest BCUT2D eigenvalue weighted by atomic mass is 9.97. The Bertz CT molecular complexity index is 1370. The Morgan fingerprint density at radius 1 is 0.865 bits per heavy atom. The van der Waals surface area contributed by atoms with Crippen molar-refractivity contribution in [2.75, 3.05) is 44.2 Å². The molecule has 0 spiro atoms. The van der Waals surface area contributed by atoms with E-state index in [-0.39, 0.29) is 0 Å². The Morgan fingerprint density at radius 2 is 1.62 bits per heavy atom. The molecule has 3 aromatic rings. The lowest BCUT2D eigenvalue weighted by molar-refractivity contribution is 0.216. The Kier molecular flexibility index (Phi) is 7.29. The van der Waals surface area contributed by atoms with E-state index in [9.17, 15) is 8.42 Å². The predicted octanol–water partition coefficient (Wildman–Crippen LogP) is 4.68. The molecule has 9 heteroatoms.